The number of hydrogen-bond donors (Lipinski definition) is 3. The number of carbonyl (C=O) groups is 1. The maximum Gasteiger partial charge on any atom is 0.259 e. The summed E-state index contributed by atoms with van der Waals surface area (Å²) < 4.78 is 6.65. The third kappa shape index (κ3) is 7.30. The van der Waals surface area contributed by atoms with Crippen LogP contribution in [0, 0.1) is 5.41 Å². The minimum absolute atomic E-state index is 0.0283. The molecule has 0 saturated heterocycles. The van der Waals surface area contributed by atoms with E-state index in [1.807, 2.05) is 68.4 Å². The number of amides is 1. The first kappa shape index (κ1) is 25.2. The maximum atomic E-state index is 13.2. The van der Waals surface area contributed by atoms with Gasteiger partial charge in [-0.25, -0.2) is 0 Å². The monoisotopic (exact) mass is 521 g/mol. The van der Waals surface area contributed by atoms with Crippen LogP contribution in [0.5, 0.6) is 5.75 Å². The molecular weight excluding hydrogens is 494 g/mol. The molecule has 7 heteroatoms. The number of halogens is 1. The van der Waals surface area contributed by atoms with Gasteiger partial charge in [0.25, 0.3) is 5.91 Å². The second-order valence-electron chi connectivity index (χ2n) is 8.52. The van der Waals surface area contributed by atoms with Crippen LogP contribution in [-0.2, 0) is 4.79 Å². The third-order valence-electron chi connectivity index (χ3n) is 4.96. The molecule has 176 valence electrons. The first-order chi connectivity index (χ1) is 16.3. The molecule has 6 nitrogen and oxygen atoms in total. The van der Waals surface area contributed by atoms with Gasteiger partial charge in [-0.15, -0.1) is 0 Å². The van der Waals surface area contributed by atoms with E-state index < -0.39 is 0 Å². The molecule has 0 aromatic heterocycles. The van der Waals surface area contributed by atoms with E-state index >= 15 is 0 Å². The Bertz CT molecular complexity index is 1160. The Kier molecular flexibility index (Phi) is 8.62. The van der Waals surface area contributed by atoms with Gasteiger partial charge in [0.15, 0.2) is 0 Å². The summed E-state index contributed by atoms with van der Waals surface area (Å²) in [7, 11) is 0. The molecule has 4 N–H and O–H groups in total. The first-order valence-corrected chi connectivity index (χ1v) is 11.6. The smallest absolute Gasteiger partial charge is 0.259 e. The molecule has 3 aromatic carbocycles. The number of nitrogens with two attached hydrogens (primary N) is 1. The molecule has 0 aliphatic carbocycles. The van der Waals surface area contributed by atoms with Crippen molar-refractivity contribution >= 4 is 45.1 Å². The van der Waals surface area contributed by atoms with Gasteiger partial charge < -0.3 is 20.9 Å². The number of ether oxygens (including phenoxy) is 1. The number of nitrogens with zero attached hydrogens (tertiary/aromatic N) is 1. The quantitative estimate of drug-likeness (QED) is 0.253. The van der Waals surface area contributed by atoms with Gasteiger partial charge in [0.2, 0.25) is 0 Å². The van der Waals surface area contributed by atoms with Crippen LogP contribution in [0.3, 0.4) is 0 Å². The van der Waals surface area contributed by atoms with Crippen LogP contribution in [0.15, 0.2) is 93.9 Å². The van der Waals surface area contributed by atoms with Crippen molar-refractivity contribution in [2.24, 2.45) is 16.1 Å². The Morgan fingerprint density at radius 1 is 1.06 bits per heavy atom. The molecule has 3 aromatic rings. The van der Waals surface area contributed by atoms with Crippen LogP contribution in [0.2, 0.25) is 0 Å². The van der Waals surface area contributed by atoms with Crippen LogP contribution < -0.4 is 15.8 Å². The molecule has 0 spiro atoms. The van der Waals surface area contributed by atoms with Gasteiger partial charge >= 0.3 is 0 Å². The molecule has 0 fully saturated rings. The fourth-order valence-electron chi connectivity index (χ4n) is 2.85. The predicted molar refractivity (Wildman–Crippen MR) is 141 cm³/mol. The number of nitrogens with one attached hydrogen (secondary N) is 1. The van der Waals surface area contributed by atoms with E-state index in [-0.39, 0.29) is 23.5 Å². The van der Waals surface area contributed by atoms with Gasteiger partial charge in [0.1, 0.15) is 5.75 Å². The maximum absolute atomic E-state index is 13.2. The van der Waals surface area contributed by atoms with E-state index in [0.717, 1.165) is 4.47 Å². The summed E-state index contributed by atoms with van der Waals surface area (Å²) in [6.45, 7) is 4.24. The van der Waals surface area contributed by atoms with Gasteiger partial charge in [-0.05, 0) is 54.1 Å². The van der Waals surface area contributed by atoms with Crippen LogP contribution in [0.4, 0.5) is 11.4 Å². The minimum atomic E-state index is -0.379. The van der Waals surface area contributed by atoms with Crippen LogP contribution in [0.25, 0.3) is 5.70 Å². The molecule has 0 saturated carbocycles. The largest absolute Gasteiger partial charge is 0.493 e. The Hall–Kier alpha value is -3.42. The number of hydrogen-bond acceptors (Lipinski definition) is 5. The minimum Gasteiger partial charge on any atom is -0.493 e. The molecule has 0 atom stereocenters. The highest BCUT2D eigenvalue weighted by atomic mass is 79.9. The number of aliphatic imine (C=N–C) groups is 1. The molecule has 0 aliphatic rings. The number of anilines is 1. The van der Waals surface area contributed by atoms with E-state index in [0.29, 0.717) is 35.0 Å². The number of carbonyl (C=O) groups excluding carboxylic acids is 1. The summed E-state index contributed by atoms with van der Waals surface area (Å²) in [6, 6.07) is 23.8. The number of rotatable bonds is 9. The average molecular weight is 522 g/mol. The lowest BCUT2D eigenvalue weighted by Crippen LogP contribution is -2.25. The summed E-state index contributed by atoms with van der Waals surface area (Å²) in [4.78, 5) is 17.6. The zero-order valence-electron chi connectivity index (χ0n) is 19.2. The Balaban J connectivity index is 1.82. The second kappa shape index (κ2) is 11.6. The predicted octanol–water partition coefficient (Wildman–Crippen LogP) is 5.56. The first-order valence-electron chi connectivity index (χ1n) is 10.8. The van der Waals surface area contributed by atoms with E-state index in [4.69, 9.17) is 10.5 Å². The zero-order chi connectivity index (χ0) is 24.6. The summed E-state index contributed by atoms with van der Waals surface area (Å²) in [5.74, 6) is 0.269. The average Bonchev–Trinajstić information content (AvgIpc) is 2.85. The van der Waals surface area contributed by atoms with E-state index in [9.17, 15) is 9.90 Å². The number of para-hydroxylation sites is 1. The Morgan fingerprint density at radius 3 is 2.32 bits per heavy atom. The van der Waals surface area contributed by atoms with Crippen LogP contribution >= 0.6 is 15.9 Å². The van der Waals surface area contributed by atoms with Crippen LogP contribution in [0.1, 0.15) is 19.4 Å². The van der Waals surface area contributed by atoms with Crippen molar-refractivity contribution in [1.82, 2.24) is 0 Å². The Labute approximate surface area is 208 Å². The number of benzene rings is 3. The fourth-order valence-corrected chi connectivity index (χ4v) is 3.11. The van der Waals surface area contributed by atoms with Gasteiger partial charge in [0.05, 0.1) is 30.2 Å². The summed E-state index contributed by atoms with van der Waals surface area (Å²) in [6.07, 6.45) is 1.48. The molecule has 3 rings (SSSR count). The standard InChI is InChI=1S/C27H28BrN3O3/c1-27(2,17-32)18-34-23-14-12-22(13-15-23)31-26(33)24(16-30-21-6-4-3-5-7-21)25(29)19-8-10-20(28)11-9-19/h3-16,32H,17-18,29H2,1-2H3,(H,31,33)/b25-24+,30-16?. The van der Waals surface area contributed by atoms with Crippen molar-refractivity contribution in [3.05, 3.63) is 94.5 Å². The van der Waals surface area contributed by atoms with Crippen molar-refractivity contribution in [2.45, 2.75) is 13.8 Å². The van der Waals surface area contributed by atoms with Crippen molar-refractivity contribution in [3.63, 3.8) is 0 Å². The molecule has 1 amide bonds. The summed E-state index contributed by atoms with van der Waals surface area (Å²) in [5, 5.41) is 12.2. The number of aliphatic hydroxyl groups is 1. The van der Waals surface area contributed by atoms with Crippen molar-refractivity contribution in [2.75, 3.05) is 18.5 Å². The van der Waals surface area contributed by atoms with Gasteiger partial charge in [-0.1, -0.05) is 60.1 Å². The number of aliphatic hydroxyl groups excluding tert-OH is 1. The van der Waals surface area contributed by atoms with E-state index in [1.165, 1.54) is 6.21 Å². The van der Waals surface area contributed by atoms with E-state index in [2.05, 4.69) is 26.2 Å². The topological polar surface area (TPSA) is 96.9 Å². The van der Waals surface area contributed by atoms with E-state index in [1.54, 1.807) is 24.3 Å². The molecular formula is C27H28BrN3O3. The molecule has 34 heavy (non-hydrogen) atoms. The molecule has 0 aliphatic heterocycles. The van der Waals surface area contributed by atoms with Gasteiger partial charge in [0, 0.05) is 21.8 Å². The SMILES string of the molecule is CC(C)(CO)COc1ccc(NC(=O)/C(C=Nc2ccccc2)=C(/N)c2ccc(Br)cc2)cc1. The lowest BCUT2D eigenvalue weighted by molar-refractivity contribution is -0.112. The summed E-state index contributed by atoms with van der Waals surface area (Å²) in [5.41, 5.74) is 8.64. The summed E-state index contributed by atoms with van der Waals surface area (Å²) >= 11 is 3.41. The molecule has 0 radical (unpaired) electrons. The zero-order valence-corrected chi connectivity index (χ0v) is 20.7. The lowest BCUT2D eigenvalue weighted by atomic mass is 9.96. The molecule has 0 heterocycles. The highest BCUT2D eigenvalue weighted by molar-refractivity contribution is 9.10. The normalized spacial score (nSPS) is 12.4. The van der Waals surface area contributed by atoms with Crippen molar-refractivity contribution in [1.29, 1.82) is 0 Å². The lowest BCUT2D eigenvalue weighted by Gasteiger charge is -2.21. The van der Waals surface area contributed by atoms with Crippen molar-refractivity contribution < 1.29 is 14.6 Å². The third-order valence-corrected chi connectivity index (χ3v) is 5.49. The highest BCUT2D eigenvalue weighted by Gasteiger charge is 2.18. The molecule has 0 bridgehead atoms. The van der Waals surface area contributed by atoms with Gasteiger partial charge in [-0.3, -0.25) is 9.79 Å². The highest BCUT2D eigenvalue weighted by Crippen LogP contribution is 2.22. The van der Waals surface area contributed by atoms with Crippen molar-refractivity contribution in [3.8, 4) is 5.75 Å². The van der Waals surface area contributed by atoms with Gasteiger partial charge in [-0.2, -0.15) is 0 Å². The Morgan fingerprint density at radius 2 is 1.71 bits per heavy atom. The fraction of sp³-hybridized carbons (Fsp3) is 0.185. The second-order valence-corrected chi connectivity index (χ2v) is 9.43. The van der Waals surface area contributed by atoms with Crippen LogP contribution in [-0.4, -0.2) is 30.4 Å². The molecule has 0 unspecified atom stereocenters.